The van der Waals surface area contributed by atoms with Gasteiger partial charge in [0.25, 0.3) is 11.8 Å². The summed E-state index contributed by atoms with van der Waals surface area (Å²) in [6.07, 6.45) is 1.37. The first-order chi connectivity index (χ1) is 40.0. The Hall–Kier alpha value is -7.28. The van der Waals surface area contributed by atoms with Crippen LogP contribution in [0.2, 0.25) is 0 Å². The molecule has 6 amide bonds. The second-order valence-corrected chi connectivity index (χ2v) is 23.1. The molecule has 466 valence electrons. The molecule has 0 spiro atoms. The fraction of sp³-hybridized carbons (Fsp3) is 0.593. The Labute approximate surface area is 488 Å². The number of rotatable bonds is 26. The number of halogens is 8. The molecule has 26 heteroatoms. The number of alkyl halides is 6. The molecule has 0 radical (unpaired) electrons. The van der Waals surface area contributed by atoms with Gasteiger partial charge in [-0.2, -0.15) is 36.5 Å². The molecule has 2 heterocycles. The highest BCUT2D eigenvalue weighted by atomic mass is 19.4. The van der Waals surface area contributed by atoms with Crippen LogP contribution in [0.1, 0.15) is 163 Å². The molecule has 4 unspecified atom stereocenters. The van der Waals surface area contributed by atoms with Crippen LogP contribution in [-0.2, 0) is 19.2 Å². The van der Waals surface area contributed by atoms with Crippen molar-refractivity contribution in [2.75, 3.05) is 44.0 Å². The predicted molar refractivity (Wildman–Crippen MR) is 298 cm³/mol. The zero-order valence-corrected chi connectivity index (χ0v) is 49.1. The third-order valence-electron chi connectivity index (χ3n) is 15.6. The van der Waals surface area contributed by atoms with E-state index in [1.54, 1.807) is 40.7 Å². The number of anilines is 2. The van der Waals surface area contributed by atoms with Gasteiger partial charge in [0.1, 0.15) is 59.7 Å². The summed E-state index contributed by atoms with van der Waals surface area (Å²) in [6.45, 7) is 10.8. The summed E-state index contributed by atoms with van der Waals surface area (Å²) in [4.78, 5) is 79.9. The van der Waals surface area contributed by atoms with E-state index in [-0.39, 0.29) is 94.8 Å². The van der Waals surface area contributed by atoms with Crippen molar-refractivity contribution in [2.45, 2.75) is 155 Å². The number of likely N-dealkylation sites (N-methyl/N-ethyl adjacent to an activating group) is 1. The molecular weight excluding hydrogens is 1130 g/mol. The molecule has 4 aromatic rings. The number of aromatic nitrogens is 4. The molecular formula is C59H76F8N10O8. The van der Waals surface area contributed by atoms with Gasteiger partial charge in [-0.25, -0.2) is 8.78 Å². The number of carbonyl (C=O) groups excluding carboxylic acids is 6. The number of amides is 6. The maximum Gasteiger partial charge on any atom is 0.406 e. The lowest BCUT2D eigenvalue weighted by Gasteiger charge is -2.28. The fourth-order valence-corrected chi connectivity index (χ4v) is 11.0. The number of benzene rings is 2. The van der Waals surface area contributed by atoms with E-state index in [2.05, 4.69) is 31.5 Å². The molecule has 4 aliphatic rings. The third-order valence-corrected chi connectivity index (χ3v) is 15.6. The fourth-order valence-electron chi connectivity index (χ4n) is 11.0. The average molecular weight is 1210 g/mol. The van der Waals surface area contributed by atoms with Crippen LogP contribution in [0.3, 0.4) is 0 Å². The maximum atomic E-state index is 15.5. The van der Waals surface area contributed by atoms with Crippen LogP contribution in [0.15, 0.2) is 48.8 Å². The van der Waals surface area contributed by atoms with E-state index < -0.39 is 96.4 Å². The number of nitrogens with one attached hydrogen (secondary N) is 5. The molecule has 18 nitrogen and oxygen atoms in total. The molecule has 2 aromatic carbocycles. The molecule has 0 saturated heterocycles. The lowest BCUT2D eigenvalue weighted by Crippen LogP contribution is -2.50. The van der Waals surface area contributed by atoms with Crippen molar-refractivity contribution in [1.82, 2.24) is 40.4 Å². The van der Waals surface area contributed by atoms with Gasteiger partial charge in [0.05, 0.1) is 36.4 Å². The molecule has 2 aromatic heterocycles. The van der Waals surface area contributed by atoms with Crippen LogP contribution in [0.5, 0.6) is 11.5 Å². The molecule has 0 bridgehead atoms. The van der Waals surface area contributed by atoms with Crippen LogP contribution in [0, 0.1) is 47.1 Å². The minimum atomic E-state index is -4.60. The summed E-state index contributed by atoms with van der Waals surface area (Å²) in [7, 11) is 1.02. The molecule has 4 saturated carbocycles. The molecule has 85 heavy (non-hydrogen) atoms. The van der Waals surface area contributed by atoms with E-state index in [4.69, 9.17) is 9.47 Å². The van der Waals surface area contributed by atoms with E-state index in [1.165, 1.54) is 38.4 Å². The van der Waals surface area contributed by atoms with Gasteiger partial charge in [-0.1, -0.05) is 0 Å². The molecule has 4 fully saturated rings. The Morgan fingerprint density at radius 2 is 0.965 bits per heavy atom. The molecule has 4 atom stereocenters. The molecule has 0 aliphatic heterocycles. The van der Waals surface area contributed by atoms with E-state index in [0.29, 0.717) is 16.3 Å². The molecule has 8 rings (SSSR count). The van der Waals surface area contributed by atoms with Crippen molar-refractivity contribution in [1.29, 1.82) is 0 Å². The van der Waals surface area contributed by atoms with Crippen molar-refractivity contribution < 1.29 is 73.4 Å². The Bertz CT molecular complexity index is 3020. The summed E-state index contributed by atoms with van der Waals surface area (Å²) < 4.78 is 122. The van der Waals surface area contributed by atoms with Crippen molar-refractivity contribution in [3.05, 3.63) is 82.9 Å². The number of hydrogen-bond acceptors (Lipinski definition) is 10. The minimum Gasteiger partial charge on any atom is -0.493 e. The van der Waals surface area contributed by atoms with Crippen LogP contribution in [0.25, 0.3) is 0 Å². The standard InChI is InChI=1S/C30H39F4N5O4.C29H37F4N5O4/c1-6-43-24-14-22(21(31)13-20(24)17(4)29(42)38(5)15-30(32,33)34)36-28(41)26(25(18-7-8-18)19-9-10-19)37-27(40)23-11-12-35-39(23)16(2)3;1-5-42-23-13-21(20(30)12-19(23)16(4)26(39)34-14-29(31,32)33)36-28(41)25(24(17-6-7-17)18-8-9-18)37-27(40)22-10-11-35-38(22)15(2)3/h11-14,16-19,25-26H,6-10,15H2,1-5H3,(H,36,41)(H,37,40);10-13,15-18,24-25H,5-9,14H2,1-4H3,(H,34,39)(H,36,41)(H,37,40). The quantitative estimate of drug-likeness (QED) is 0.0375. The third kappa shape index (κ3) is 17.2. The van der Waals surface area contributed by atoms with Gasteiger partial charge >= 0.3 is 12.4 Å². The van der Waals surface area contributed by atoms with Crippen LogP contribution in [0.4, 0.5) is 46.5 Å². The Kier molecular flexibility index (Phi) is 21.0. The van der Waals surface area contributed by atoms with E-state index in [0.717, 1.165) is 70.5 Å². The van der Waals surface area contributed by atoms with Crippen LogP contribution >= 0.6 is 0 Å². The monoisotopic (exact) mass is 1200 g/mol. The summed E-state index contributed by atoms with van der Waals surface area (Å²) >= 11 is 0. The van der Waals surface area contributed by atoms with Gasteiger partial charge in [-0.3, -0.25) is 38.1 Å². The Morgan fingerprint density at radius 3 is 1.29 bits per heavy atom. The highest BCUT2D eigenvalue weighted by molar-refractivity contribution is 6.02. The summed E-state index contributed by atoms with van der Waals surface area (Å²) in [6, 6.07) is 5.54. The Morgan fingerprint density at radius 1 is 0.588 bits per heavy atom. The number of ether oxygens (including phenoxy) is 2. The second-order valence-electron chi connectivity index (χ2n) is 23.1. The van der Waals surface area contributed by atoms with Crippen LogP contribution < -0.4 is 36.1 Å². The Balaban J connectivity index is 0.000000244. The summed E-state index contributed by atoms with van der Waals surface area (Å²) in [5.41, 5.74) is 0.246. The van der Waals surface area contributed by atoms with Gasteiger partial charge in [0.15, 0.2) is 0 Å². The van der Waals surface area contributed by atoms with Gasteiger partial charge in [-0.15, -0.1) is 0 Å². The summed E-state index contributed by atoms with van der Waals surface area (Å²) in [5.74, 6) is -7.07. The first-order valence-corrected chi connectivity index (χ1v) is 28.9. The first-order valence-electron chi connectivity index (χ1n) is 28.9. The zero-order valence-electron chi connectivity index (χ0n) is 49.1. The largest absolute Gasteiger partial charge is 0.493 e. The van der Waals surface area contributed by atoms with E-state index in [9.17, 15) is 55.1 Å². The maximum absolute atomic E-state index is 15.5. The van der Waals surface area contributed by atoms with Gasteiger partial charge in [0, 0.05) is 54.8 Å². The number of carbonyl (C=O) groups is 6. The van der Waals surface area contributed by atoms with Crippen molar-refractivity contribution in [3.8, 4) is 11.5 Å². The SMILES string of the molecule is CCOc1cc(NC(=O)C(NC(=O)c2ccnn2C(C)C)C(C2CC2)C2CC2)c(F)cc1C(C)C(=O)N(C)CC(F)(F)F.CCOc1cc(NC(=O)C(NC(=O)c2ccnn2C(C)C)C(C2CC2)C2CC2)c(F)cc1C(C)C(=O)NCC(F)(F)F. The van der Waals surface area contributed by atoms with Crippen molar-refractivity contribution in [2.24, 2.45) is 35.5 Å². The van der Waals surface area contributed by atoms with Crippen molar-refractivity contribution >= 4 is 46.8 Å². The smallest absolute Gasteiger partial charge is 0.406 e. The summed E-state index contributed by atoms with van der Waals surface area (Å²) in [5, 5.41) is 21.2. The molecule has 5 N–H and O–H groups in total. The van der Waals surface area contributed by atoms with Crippen molar-refractivity contribution in [3.63, 3.8) is 0 Å². The van der Waals surface area contributed by atoms with E-state index in [1.807, 2.05) is 27.7 Å². The van der Waals surface area contributed by atoms with E-state index >= 15 is 8.78 Å². The zero-order chi connectivity index (χ0) is 62.4. The number of hydrogen-bond donors (Lipinski definition) is 5. The predicted octanol–water partition coefficient (Wildman–Crippen LogP) is 10.3. The average Bonchev–Trinajstić information content (AvgIpc) is 2.70. The lowest BCUT2D eigenvalue weighted by molar-refractivity contribution is -0.159. The normalized spacial score (nSPS) is 16.7. The van der Waals surface area contributed by atoms with Crippen LogP contribution in [-0.4, -0.2) is 118 Å². The first kappa shape index (κ1) is 65.3. The second kappa shape index (κ2) is 27.4. The highest BCUT2D eigenvalue weighted by Crippen LogP contribution is 2.52. The van der Waals surface area contributed by atoms with Gasteiger partial charge < -0.3 is 41.0 Å². The topological polar surface area (TPSA) is 220 Å². The molecule has 4 aliphatic carbocycles. The van der Waals surface area contributed by atoms with Gasteiger partial charge in [-0.05, 0) is 167 Å². The minimum absolute atomic E-state index is 0.0349. The lowest BCUT2D eigenvalue weighted by atomic mass is 9.88. The highest BCUT2D eigenvalue weighted by Gasteiger charge is 2.50. The number of nitrogens with zero attached hydrogens (tertiary/aromatic N) is 5. The van der Waals surface area contributed by atoms with Gasteiger partial charge in [0.2, 0.25) is 23.6 Å².